The Balaban J connectivity index is 2.00. The average molecular weight is 177 g/mol. The summed E-state index contributed by atoms with van der Waals surface area (Å²) in [5.41, 5.74) is 2.01. The second-order valence-electron chi connectivity index (χ2n) is 3.03. The summed E-state index contributed by atoms with van der Waals surface area (Å²) in [4.78, 5) is 18.1. The van der Waals surface area contributed by atoms with E-state index in [-0.39, 0.29) is 5.91 Å². The van der Waals surface area contributed by atoms with Crippen LogP contribution in [0.15, 0.2) is 11.1 Å². The van der Waals surface area contributed by atoms with Gasteiger partial charge in [0.25, 0.3) is 0 Å². The molecule has 13 heavy (non-hydrogen) atoms. The van der Waals surface area contributed by atoms with E-state index in [0.717, 1.165) is 22.8 Å². The van der Waals surface area contributed by atoms with Crippen LogP contribution in [0.5, 0.6) is 0 Å². The van der Waals surface area contributed by atoms with Crippen molar-refractivity contribution in [3.05, 3.63) is 22.5 Å². The monoisotopic (exact) mass is 177 g/mol. The minimum atomic E-state index is 0.0675. The molecule has 0 unspecified atom stereocenters. The Hall–Kier alpha value is -1.58. The molecule has 0 aliphatic carbocycles. The molecule has 2 N–H and O–H groups in total. The van der Waals surface area contributed by atoms with E-state index in [1.807, 2.05) is 12.3 Å². The molecule has 0 spiro atoms. The fourth-order valence-electron chi connectivity index (χ4n) is 1.30. The maximum absolute atomic E-state index is 10.9. The van der Waals surface area contributed by atoms with E-state index in [2.05, 4.69) is 15.3 Å². The average Bonchev–Trinajstić information content (AvgIpc) is 2.39. The van der Waals surface area contributed by atoms with Gasteiger partial charge in [-0.3, -0.25) is 4.79 Å². The van der Waals surface area contributed by atoms with Crippen molar-refractivity contribution in [1.82, 2.24) is 10.3 Å². The number of fused-ring (bicyclic) bond motifs is 1. The maximum atomic E-state index is 10.9. The fourth-order valence-corrected chi connectivity index (χ4v) is 1.30. The molecule has 1 aromatic heterocycles. The smallest absolute Gasteiger partial charge is 0.220 e. The van der Waals surface area contributed by atoms with E-state index in [4.69, 9.17) is 0 Å². The number of rotatable bonds is 3. The largest absolute Gasteiger partial charge is 0.359 e. The van der Waals surface area contributed by atoms with Crippen molar-refractivity contribution < 1.29 is 4.79 Å². The molecule has 68 valence electrons. The van der Waals surface area contributed by atoms with E-state index in [9.17, 15) is 4.79 Å². The van der Waals surface area contributed by atoms with Crippen molar-refractivity contribution in [1.29, 1.82) is 0 Å². The van der Waals surface area contributed by atoms with E-state index in [1.54, 1.807) is 7.05 Å². The highest BCUT2D eigenvalue weighted by molar-refractivity contribution is 5.75. The number of aromatic nitrogens is 1. The molecule has 4 nitrogen and oxygen atoms in total. The number of nitrogens with one attached hydrogen (secondary N) is 2. The van der Waals surface area contributed by atoms with Gasteiger partial charge in [-0.1, -0.05) is 0 Å². The first kappa shape index (κ1) is 8.04. The number of hydrogen-bond acceptors (Lipinski definition) is 2. The lowest BCUT2D eigenvalue weighted by molar-refractivity contribution is -0.120. The van der Waals surface area contributed by atoms with Gasteiger partial charge in [0.1, 0.15) is 5.49 Å². The summed E-state index contributed by atoms with van der Waals surface area (Å²) in [6.45, 7) is 0. The molecule has 0 saturated heterocycles. The third-order valence-corrected chi connectivity index (χ3v) is 2.12. The highest BCUT2D eigenvalue weighted by Crippen LogP contribution is 1.95. The van der Waals surface area contributed by atoms with Crippen LogP contribution in [0, 0.1) is 0 Å². The summed E-state index contributed by atoms with van der Waals surface area (Å²) < 4.78 is 0. The summed E-state index contributed by atoms with van der Waals surface area (Å²) in [6.07, 6.45) is 3.08. The van der Waals surface area contributed by atoms with Gasteiger partial charge in [0.05, 0.1) is 0 Å². The number of aromatic amines is 1. The second-order valence-corrected chi connectivity index (χ2v) is 3.03. The molecule has 0 radical (unpaired) electrons. The minimum absolute atomic E-state index is 0.0675. The molecule has 0 aromatic carbocycles. The van der Waals surface area contributed by atoms with Crippen molar-refractivity contribution in [2.45, 2.75) is 12.8 Å². The van der Waals surface area contributed by atoms with Crippen molar-refractivity contribution >= 4 is 12.1 Å². The van der Waals surface area contributed by atoms with Crippen LogP contribution in [0.1, 0.15) is 12.1 Å². The molecule has 1 aliphatic heterocycles. The van der Waals surface area contributed by atoms with Gasteiger partial charge in [-0.2, -0.15) is 0 Å². The van der Waals surface area contributed by atoms with Crippen LogP contribution in [0.3, 0.4) is 0 Å². The lowest BCUT2D eigenvalue weighted by Crippen LogP contribution is -2.28. The number of amides is 1. The zero-order valence-electron chi connectivity index (χ0n) is 7.42. The fraction of sp³-hybridized carbons (Fsp3) is 0.333. The van der Waals surface area contributed by atoms with Gasteiger partial charge in [-0.05, 0) is 12.5 Å². The van der Waals surface area contributed by atoms with Crippen LogP contribution in [-0.2, 0) is 11.2 Å². The highest BCUT2D eigenvalue weighted by atomic mass is 16.1. The summed E-state index contributed by atoms with van der Waals surface area (Å²) in [7, 11) is 1.65. The Morgan fingerprint density at radius 2 is 2.54 bits per heavy atom. The van der Waals surface area contributed by atoms with Crippen LogP contribution in [-0.4, -0.2) is 17.9 Å². The summed E-state index contributed by atoms with van der Waals surface area (Å²) in [5.74, 6) is 0.0675. The summed E-state index contributed by atoms with van der Waals surface area (Å²) >= 11 is 0. The highest BCUT2D eigenvalue weighted by Gasteiger charge is 2.04. The van der Waals surface area contributed by atoms with Crippen LogP contribution >= 0.6 is 0 Å². The number of H-pyrrole nitrogens is 1. The summed E-state index contributed by atoms with van der Waals surface area (Å²) in [6, 6.07) is 2.03. The van der Waals surface area contributed by atoms with Gasteiger partial charge in [0.15, 0.2) is 0 Å². The first-order valence-corrected chi connectivity index (χ1v) is 4.26. The third-order valence-electron chi connectivity index (χ3n) is 2.12. The zero-order valence-corrected chi connectivity index (χ0v) is 7.42. The minimum Gasteiger partial charge on any atom is -0.359 e. The second kappa shape index (κ2) is 3.05. The topological polar surface area (TPSA) is 57.2 Å². The van der Waals surface area contributed by atoms with Crippen molar-refractivity contribution in [2.75, 3.05) is 7.05 Å². The predicted octanol–water partition coefficient (Wildman–Crippen LogP) is -0.935. The van der Waals surface area contributed by atoms with E-state index < -0.39 is 0 Å². The van der Waals surface area contributed by atoms with Crippen LogP contribution in [0.2, 0.25) is 0 Å². The molecule has 2 rings (SSSR count). The van der Waals surface area contributed by atoms with Gasteiger partial charge in [-0.15, -0.1) is 0 Å². The molecule has 0 fully saturated rings. The Morgan fingerprint density at radius 3 is 3.00 bits per heavy atom. The van der Waals surface area contributed by atoms with Crippen molar-refractivity contribution in [3.8, 4) is 0 Å². The number of carbonyl (C=O) groups is 1. The van der Waals surface area contributed by atoms with Crippen LogP contribution < -0.4 is 16.0 Å². The van der Waals surface area contributed by atoms with Crippen LogP contribution in [0.25, 0.3) is 6.20 Å². The number of aryl methyl sites for hydroxylation is 1. The lowest BCUT2D eigenvalue weighted by atomic mass is 10.2. The molecule has 0 saturated carbocycles. The van der Waals surface area contributed by atoms with Gasteiger partial charge in [-0.25, -0.2) is 4.99 Å². The van der Waals surface area contributed by atoms with Crippen LogP contribution in [0.4, 0.5) is 0 Å². The first-order chi connectivity index (χ1) is 6.29. The molecule has 1 aliphatic rings. The molecular formula is C9H11N3O. The van der Waals surface area contributed by atoms with Gasteiger partial charge < -0.3 is 10.3 Å². The Bertz CT molecular complexity index is 412. The molecule has 2 heterocycles. The lowest BCUT2D eigenvalue weighted by Gasteiger charge is -1.96. The number of hydrogen-bond donors (Lipinski definition) is 2. The van der Waals surface area contributed by atoms with Gasteiger partial charge in [0, 0.05) is 30.6 Å². The molecular weight excluding hydrogens is 166 g/mol. The van der Waals surface area contributed by atoms with E-state index in [0.29, 0.717) is 6.42 Å². The number of carbonyl (C=O) groups excluding carboxylic acids is 1. The maximum Gasteiger partial charge on any atom is 0.220 e. The van der Waals surface area contributed by atoms with Crippen molar-refractivity contribution in [3.63, 3.8) is 0 Å². The van der Waals surface area contributed by atoms with Crippen molar-refractivity contribution in [2.24, 2.45) is 4.99 Å². The Kier molecular flexibility index (Phi) is 1.88. The Morgan fingerprint density at radius 1 is 1.69 bits per heavy atom. The normalized spacial score (nSPS) is 12.1. The number of nitrogens with zero attached hydrogens (tertiary/aromatic N) is 1. The molecule has 1 aromatic rings. The molecule has 4 heteroatoms. The zero-order chi connectivity index (χ0) is 9.26. The van der Waals surface area contributed by atoms with Gasteiger partial charge >= 0.3 is 0 Å². The Labute approximate surface area is 75.4 Å². The third kappa shape index (κ3) is 1.47. The quantitative estimate of drug-likeness (QED) is 0.615. The molecule has 1 amide bonds. The first-order valence-electron chi connectivity index (χ1n) is 4.26. The standard InChI is InChI=1S/C9H11N3O/c1-10-8(13)3-2-7-4-6-5-11-9(6)12-7/h4-5H,2-3H2,1H3,(H,10,13)(H,11,12). The molecule has 0 atom stereocenters. The van der Waals surface area contributed by atoms with E-state index in [1.165, 1.54) is 0 Å². The predicted molar refractivity (Wildman–Crippen MR) is 48.4 cm³/mol. The van der Waals surface area contributed by atoms with Gasteiger partial charge in [0.2, 0.25) is 5.91 Å². The SMILES string of the molecule is CNC(=O)CCc1cc2c([nH]1)=NC=2. The molecule has 0 bridgehead atoms. The van der Waals surface area contributed by atoms with E-state index >= 15 is 0 Å². The summed E-state index contributed by atoms with van der Waals surface area (Å²) in [5, 5.41) is 3.73.